The molecule has 0 saturated carbocycles. The van der Waals surface area contributed by atoms with Crippen molar-refractivity contribution in [3.63, 3.8) is 0 Å². The van der Waals surface area contributed by atoms with Crippen LogP contribution in [0.4, 0.5) is 5.69 Å². The molecule has 6 heteroatoms. The van der Waals surface area contributed by atoms with E-state index >= 15 is 0 Å². The lowest BCUT2D eigenvalue weighted by Crippen LogP contribution is -2.08. The number of para-hydroxylation sites is 2. The molecule has 2 aliphatic rings. The molecule has 0 spiro atoms. The van der Waals surface area contributed by atoms with Gasteiger partial charge >= 0.3 is 5.97 Å². The first kappa shape index (κ1) is 24.0. The van der Waals surface area contributed by atoms with Gasteiger partial charge in [0, 0.05) is 5.56 Å². The predicted octanol–water partition coefficient (Wildman–Crippen LogP) is 5.75. The summed E-state index contributed by atoms with van der Waals surface area (Å²) < 4.78 is 21.3. The van der Waals surface area contributed by atoms with Gasteiger partial charge < -0.3 is 24.7 Å². The van der Waals surface area contributed by atoms with Crippen LogP contribution >= 0.6 is 0 Å². The first-order chi connectivity index (χ1) is 16.1. The molecule has 0 bridgehead atoms. The number of hydrogen-bond donors (Lipinski definition) is 1. The number of hydrogen-bond acceptors (Lipinski definition) is 6. The summed E-state index contributed by atoms with van der Waals surface area (Å²) in [6.45, 7) is 4.03. The smallest absolute Gasteiger partial charge is 0.341 e. The van der Waals surface area contributed by atoms with E-state index in [9.17, 15) is 4.79 Å². The van der Waals surface area contributed by atoms with Gasteiger partial charge in [0.2, 0.25) is 0 Å². The average molecular weight is 450 g/mol. The maximum absolute atomic E-state index is 11.4. The lowest BCUT2D eigenvalue weighted by molar-refractivity contribution is 0.0596. The highest BCUT2D eigenvalue weighted by Gasteiger charge is 2.17. The Morgan fingerprint density at radius 2 is 1.61 bits per heavy atom. The third kappa shape index (κ3) is 6.65. The van der Waals surface area contributed by atoms with Crippen molar-refractivity contribution in [3.8, 4) is 28.4 Å². The molecule has 0 aromatic heterocycles. The first-order valence-corrected chi connectivity index (χ1v) is 11.2. The van der Waals surface area contributed by atoms with E-state index in [2.05, 4.69) is 22.9 Å². The zero-order valence-corrected chi connectivity index (χ0v) is 19.2. The van der Waals surface area contributed by atoms with Gasteiger partial charge in [0.1, 0.15) is 17.1 Å². The summed E-state index contributed by atoms with van der Waals surface area (Å²) in [6.07, 6.45) is 2.90. The second-order valence-corrected chi connectivity index (χ2v) is 7.49. The van der Waals surface area contributed by atoms with Gasteiger partial charge in [0.05, 0.1) is 32.6 Å². The quantitative estimate of drug-likeness (QED) is 0.178. The third-order valence-electron chi connectivity index (χ3n) is 5.00. The zero-order valence-electron chi connectivity index (χ0n) is 19.2. The molecule has 0 amide bonds. The minimum Gasteiger partial charge on any atom is -0.494 e. The summed E-state index contributed by atoms with van der Waals surface area (Å²) >= 11 is 0. The Balaban J connectivity index is 0.000000190. The third-order valence-corrected chi connectivity index (χ3v) is 5.00. The molecule has 2 N–H and O–H groups in total. The monoisotopic (exact) mass is 449 g/mol. The lowest BCUT2D eigenvalue weighted by Gasteiger charge is -2.20. The van der Waals surface area contributed by atoms with Crippen molar-refractivity contribution >= 4 is 11.7 Å². The van der Waals surface area contributed by atoms with Crippen molar-refractivity contribution in [2.45, 2.75) is 26.2 Å². The van der Waals surface area contributed by atoms with Gasteiger partial charge in [-0.25, -0.2) is 4.79 Å². The number of carbonyl (C=O) groups is 1. The summed E-state index contributed by atoms with van der Waals surface area (Å²) in [5.74, 6) is 1.96. The van der Waals surface area contributed by atoms with Crippen LogP contribution in [0.3, 0.4) is 0 Å². The van der Waals surface area contributed by atoms with Crippen LogP contribution in [-0.2, 0) is 4.74 Å². The summed E-state index contributed by atoms with van der Waals surface area (Å²) in [5.41, 5.74) is 9.16. The van der Waals surface area contributed by atoms with Crippen LogP contribution in [0.1, 0.15) is 36.5 Å². The van der Waals surface area contributed by atoms with Gasteiger partial charge in [-0.2, -0.15) is 0 Å². The molecule has 4 rings (SSSR count). The van der Waals surface area contributed by atoms with E-state index in [-0.39, 0.29) is 0 Å². The maximum Gasteiger partial charge on any atom is 0.341 e. The van der Waals surface area contributed by atoms with Crippen LogP contribution in [0, 0.1) is 0 Å². The van der Waals surface area contributed by atoms with Crippen LogP contribution in [0.25, 0.3) is 11.1 Å². The summed E-state index contributed by atoms with van der Waals surface area (Å²) in [4.78, 5) is 11.4. The Labute approximate surface area is 195 Å². The molecular weight excluding hydrogens is 418 g/mol. The molecule has 0 radical (unpaired) electrons. The second-order valence-electron chi connectivity index (χ2n) is 7.49. The Morgan fingerprint density at radius 3 is 2.21 bits per heavy atom. The van der Waals surface area contributed by atoms with E-state index in [1.54, 1.807) is 18.2 Å². The van der Waals surface area contributed by atoms with Crippen LogP contribution in [0.2, 0.25) is 0 Å². The van der Waals surface area contributed by atoms with Crippen molar-refractivity contribution in [2.24, 2.45) is 0 Å². The molecule has 0 unspecified atom stereocenters. The highest BCUT2D eigenvalue weighted by molar-refractivity contribution is 5.94. The number of esters is 1. The van der Waals surface area contributed by atoms with Gasteiger partial charge in [-0.15, -0.1) is 0 Å². The van der Waals surface area contributed by atoms with Crippen LogP contribution < -0.4 is 19.9 Å². The van der Waals surface area contributed by atoms with E-state index in [4.69, 9.17) is 19.9 Å². The highest BCUT2D eigenvalue weighted by Crippen LogP contribution is 2.42. The summed E-state index contributed by atoms with van der Waals surface area (Å²) in [7, 11) is 1.33. The molecule has 33 heavy (non-hydrogen) atoms. The van der Waals surface area contributed by atoms with Gasteiger partial charge in [-0.1, -0.05) is 43.3 Å². The molecule has 0 atom stereocenters. The second kappa shape index (κ2) is 12.4. The number of ether oxygens (including phenoxy) is 4. The summed E-state index contributed by atoms with van der Waals surface area (Å²) in [6, 6.07) is 21.2. The Bertz CT molecular complexity index is 1020. The SMILES string of the molecule is CCCOc1c(N)cccc1C(=O)OC.c1ccc(OCCCCOc2cc3ccc2-3)cc1. The normalized spacial score (nSPS) is 10.5. The Morgan fingerprint density at radius 1 is 0.848 bits per heavy atom. The average Bonchev–Trinajstić information content (AvgIpc) is 2.83. The molecule has 6 nitrogen and oxygen atoms in total. The fourth-order valence-electron chi connectivity index (χ4n) is 3.16. The van der Waals surface area contributed by atoms with Crippen LogP contribution in [-0.4, -0.2) is 32.9 Å². The number of unbranched alkanes of at least 4 members (excludes halogenated alkanes) is 1. The molecule has 2 aromatic carbocycles. The molecule has 0 fully saturated rings. The molecule has 2 aliphatic carbocycles. The fourth-order valence-corrected chi connectivity index (χ4v) is 3.16. The van der Waals surface area contributed by atoms with E-state index in [1.807, 2.05) is 37.3 Å². The molecular formula is C27H31NO5. The molecule has 0 saturated heterocycles. The number of carbonyl (C=O) groups excluding carboxylic acids is 1. The van der Waals surface area contributed by atoms with Crippen molar-refractivity contribution in [2.75, 3.05) is 32.7 Å². The number of benzene rings is 3. The number of rotatable bonds is 11. The minimum absolute atomic E-state index is 0.367. The van der Waals surface area contributed by atoms with Gasteiger partial charge in [-0.3, -0.25) is 0 Å². The van der Waals surface area contributed by atoms with E-state index in [1.165, 1.54) is 18.2 Å². The van der Waals surface area contributed by atoms with Crippen LogP contribution in [0.15, 0.2) is 66.7 Å². The van der Waals surface area contributed by atoms with Gasteiger partial charge in [0.15, 0.2) is 5.75 Å². The number of nitrogens with two attached hydrogens (primary N) is 1. The van der Waals surface area contributed by atoms with E-state index in [0.717, 1.165) is 44.0 Å². The number of anilines is 1. The largest absolute Gasteiger partial charge is 0.494 e. The van der Waals surface area contributed by atoms with Crippen LogP contribution in [0.5, 0.6) is 17.2 Å². The molecule has 174 valence electrons. The standard InChI is InChI=1S/C16H16O2.C11H15NO3/c1-2-6-14(7-3-1)17-10-4-5-11-18-16-12-13-8-9-15(13)16;1-3-7-15-10-8(11(13)14-2)5-4-6-9(10)12/h1-3,6-9,12H,4-5,10-11H2;4-6H,3,7,12H2,1-2H3. The first-order valence-electron chi connectivity index (χ1n) is 11.2. The van der Waals surface area contributed by atoms with E-state index < -0.39 is 5.97 Å². The minimum atomic E-state index is -0.437. The number of nitrogen functional groups attached to an aromatic ring is 1. The van der Waals surface area contributed by atoms with Crippen molar-refractivity contribution in [1.29, 1.82) is 0 Å². The van der Waals surface area contributed by atoms with E-state index in [0.29, 0.717) is 23.6 Å². The summed E-state index contributed by atoms with van der Waals surface area (Å²) in [5, 5.41) is 0. The Hall–Kier alpha value is -3.67. The van der Waals surface area contributed by atoms with Gasteiger partial charge in [0.25, 0.3) is 0 Å². The highest BCUT2D eigenvalue weighted by atomic mass is 16.5. The molecule has 2 aromatic rings. The van der Waals surface area contributed by atoms with Crippen molar-refractivity contribution in [1.82, 2.24) is 0 Å². The zero-order chi connectivity index (χ0) is 23.5. The molecule has 0 aliphatic heterocycles. The number of fused-ring (bicyclic) bond motifs is 1. The maximum atomic E-state index is 11.4. The van der Waals surface area contributed by atoms with Crippen molar-refractivity contribution in [3.05, 3.63) is 72.3 Å². The molecule has 0 heterocycles. The topological polar surface area (TPSA) is 80.0 Å². The van der Waals surface area contributed by atoms with Crippen molar-refractivity contribution < 1.29 is 23.7 Å². The number of methoxy groups -OCH3 is 1. The fraction of sp³-hybridized carbons (Fsp3) is 0.296. The predicted molar refractivity (Wildman–Crippen MR) is 130 cm³/mol. The Kier molecular flexibility index (Phi) is 9.00. The van der Waals surface area contributed by atoms with Gasteiger partial charge in [-0.05, 0) is 55.2 Å². The lowest BCUT2D eigenvalue weighted by atomic mass is 9.92.